The first-order valence-corrected chi connectivity index (χ1v) is 6.37. The van der Waals surface area contributed by atoms with E-state index >= 15 is 0 Å². The summed E-state index contributed by atoms with van der Waals surface area (Å²) in [7, 11) is 0. The number of nitrogens with two attached hydrogens (primary N) is 1. The van der Waals surface area contributed by atoms with E-state index in [9.17, 15) is 14.4 Å². The van der Waals surface area contributed by atoms with Gasteiger partial charge < -0.3 is 15.4 Å². The second-order valence-electron chi connectivity index (χ2n) is 5.42. The van der Waals surface area contributed by atoms with Gasteiger partial charge in [-0.05, 0) is 26.7 Å². The van der Waals surface area contributed by atoms with E-state index in [0.717, 1.165) is 6.42 Å². The molecule has 7 nitrogen and oxygen atoms in total. The fourth-order valence-electron chi connectivity index (χ4n) is 2.37. The van der Waals surface area contributed by atoms with E-state index in [0.29, 0.717) is 13.0 Å². The van der Waals surface area contributed by atoms with Gasteiger partial charge in [-0.25, -0.2) is 0 Å². The summed E-state index contributed by atoms with van der Waals surface area (Å²) in [5, 5.41) is 2.23. The molecule has 2 saturated heterocycles. The molecule has 0 bridgehead atoms. The highest BCUT2D eigenvalue weighted by Crippen LogP contribution is 2.25. The Balaban J connectivity index is 2.13. The van der Waals surface area contributed by atoms with Gasteiger partial charge in [-0.15, -0.1) is 0 Å². The third-order valence-corrected chi connectivity index (χ3v) is 3.70. The highest BCUT2D eigenvalue weighted by molar-refractivity contribution is 6.06. The molecule has 2 heterocycles. The zero-order chi connectivity index (χ0) is 14.2. The first kappa shape index (κ1) is 14.0. The number of nitrogens with one attached hydrogen (secondary N) is 1. The smallest absolute Gasteiger partial charge is 0.253 e. The summed E-state index contributed by atoms with van der Waals surface area (Å²) in [5.74, 6) is -1.25. The molecule has 2 unspecified atom stereocenters. The van der Waals surface area contributed by atoms with Gasteiger partial charge in [0, 0.05) is 6.54 Å². The van der Waals surface area contributed by atoms with Gasteiger partial charge in [0.25, 0.3) is 11.8 Å². The lowest BCUT2D eigenvalue weighted by Gasteiger charge is -2.41. The summed E-state index contributed by atoms with van der Waals surface area (Å²) in [6, 6.07) is 0. The number of ether oxygens (including phenoxy) is 1. The summed E-state index contributed by atoms with van der Waals surface area (Å²) in [4.78, 5) is 36.9. The van der Waals surface area contributed by atoms with Gasteiger partial charge in [0.2, 0.25) is 5.91 Å². The largest absolute Gasteiger partial charge is 0.364 e. The van der Waals surface area contributed by atoms with Crippen LogP contribution in [0.1, 0.15) is 26.7 Å². The van der Waals surface area contributed by atoms with Crippen LogP contribution in [-0.4, -0.2) is 53.5 Å². The van der Waals surface area contributed by atoms with Crippen LogP contribution in [0.2, 0.25) is 0 Å². The number of rotatable bonds is 2. The normalized spacial score (nSPS) is 30.4. The SMILES string of the molecule is CC1(C)C(=O)NC(=O)CN1C(=O)C1CCC(CN)O1. The molecule has 0 aliphatic carbocycles. The molecule has 0 spiro atoms. The van der Waals surface area contributed by atoms with Crippen molar-refractivity contribution in [2.24, 2.45) is 5.73 Å². The van der Waals surface area contributed by atoms with E-state index < -0.39 is 23.5 Å². The van der Waals surface area contributed by atoms with Crippen molar-refractivity contribution in [3.05, 3.63) is 0 Å². The van der Waals surface area contributed by atoms with Gasteiger partial charge in [0.05, 0.1) is 6.10 Å². The fourth-order valence-corrected chi connectivity index (χ4v) is 2.37. The van der Waals surface area contributed by atoms with Crippen LogP contribution in [0.4, 0.5) is 0 Å². The van der Waals surface area contributed by atoms with Crippen molar-refractivity contribution < 1.29 is 19.1 Å². The quantitative estimate of drug-likeness (QED) is 0.610. The molecule has 0 saturated carbocycles. The average molecular weight is 269 g/mol. The summed E-state index contributed by atoms with van der Waals surface area (Å²) < 4.78 is 5.53. The van der Waals surface area contributed by atoms with Crippen molar-refractivity contribution in [2.75, 3.05) is 13.1 Å². The number of hydrogen-bond acceptors (Lipinski definition) is 5. The zero-order valence-corrected chi connectivity index (χ0v) is 11.1. The van der Waals surface area contributed by atoms with E-state index in [1.54, 1.807) is 13.8 Å². The molecule has 2 atom stereocenters. The van der Waals surface area contributed by atoms with Crippen molar-refractivity contribution in [1.82, 2.24) is 10.2 Å². The van der Waals surface area contributed by atoms with Gasteiger partial charge in [-0.3, -0.25) is 19.7 Å². The molecule has 2 fully saturated rings. The molecule has 3 N–H and O–H groups in total. The maximum Gasteiger partial charge on any atom is 0.253 e. The first-order valence-electron chi connectivity index (χ1n) is 6.37. The minimum absolute atomic E-state index is 0.119. The van der Waals surface area contributed by atoms with Crippen molar-refractivity contribution in [3.63, 3.8) is 0 Å². The van der Waals surface area contributed by atoms with Crippen LogP contribution in [0, 0.1) is 0 Å². The van der Waals surface area contributed by atoms with E-state index in [2.05, 4.69) is 5.32 Å². The van der Waals surface area contributed by atoms with E-state index in [-0.39, 0.29) is 18.6 Å². The second kappa shape index (κ2) is 4.90. The Labute approximate surface area is 111 Å². The molecule has 2 aliphatic heterocycles. The third-order valence-electron chi connectivity index (χ3n) is 3.70. The molecule has 0 radical (unpaired) electrons. The van der Waals surface area contributed by atoms with Gasteiger partial charge in [-0.2, -0.15) is 0 Å². The van der Waals surface area contributed by atoms with Crippen LogP contribution < -0.4 is 11.1 Å². The minimum atomic E-state index is -1.05. The molecule has 2 aliphatic rings. The molecular weight excluding hydrogens is 250 g/mol. The van der Waals surface area contributed by atoms with Crippen molar-refractivity contribution >= 4 is 17.7 Å². The monoisotopic (exact) mass is 269 g/mol. The molecule has 19 heavy (non-hydrogen) atoms. The Hall–Kier alpha value is -1.47. The highest BCUT2D eigenvalue weighted by atomic mass is 16.5. The molecule has 7 heteroatoms. The van der Waals surface area contributed by atoms with Crippen molar-refractivity contribution in [3.8, 4) is 0 Å². The van der Waals surface area contributed by atoms with Crippen LogP contribution >= 0.6 is 0 Å². The van der Waals surface area contributed by atoms with Crippen LogP contribution in [0.25, 0.3) is 0 Å². The number of piperazine rings is 1. The Morgan fingerprint density at radius 3 is 2.74 bits per heavy atom. The number of imide groups is 1. The predicted molar refractivity (Wildman–Crippen MR) is 65.9 cm³/mol. The van der Waals surface area contributed by atoms with E-state index in [4.69, 9.17) is 10.5 Å². The molecular formula is C12H19N3O4. The maximum absolute atomic E-state index is 12.4. The van der Waals surface area contributed by atoms with E-state index in [1.807, 2.05) is 0 Å². The number of amides is 3. The zero-order valence-electron chi connectivity index (χ0n) is 11.1. The topological polar surface area (TPSA) is 102 Å². The second-order valence-corrected chi connectivity index (χ2v) is 5.42. The average Bonchev–Trinajstić information content (AvgIpc) is 2.82. The van der Waals surface area contributed by atoms with Crippen LogP contribution in [0.5, 0.6) is 0 Å². The Bertz CT molecular complexity index is 421. The number of hydrogen-bond donors (Lipinski definition) is 2. The molecule has 0 aromatic carbocycles. The minimum Gasteiger partial charge on any atom is -0.364 e. The molecule has 2 rings (SSSR count). The number of carbonyl (C=O) groups is 3. The first-order chi connectivity index (χ1) is 8.86. The molecule has 106 valence electrons. The number of nitrogens with zero attached hydrogens (tertiary/aromatic N) is 1. The third kappa shape index (κ3) is 2.48. The lowest BCUT2D eigenvalue weighted by molar-refractivity contribution is -0.161. The Morgan fingerprint density at radius 2 is 2.16 bits per heavy atom. The van der Waals surface area contributed by atoms with Gasteiger partial charge >= 0.3 is 0 Å². The lowest BCUT2D eigenvalue weighted by atomic mass is 9.97. The van der Waals surface area contributed by atoms with Crippen LogP contribution in [0.15, 0.2) is 0 Å². The predicted octanol–water partition coefficient (Wildman–Crippen LogP) is -1.24. The standard InChI is InChI=1S/C12H19N3O4/c1-12(2)11(18)14-9(16)6-15(12)10(17)8-4-3-7(5-13)19-8/h7-8H,3-6,13H2,1-2H3,(H,14,16,18). The summed E-state index contributed by atoms with van der Waals surface area (Å²) in [5.41, 5.74) is 4.46. The van der Waals surface area contributed by atoms with Gasteiger partial charge in [-0.1, -0.05) is 0 Å². The summed E-state index contributed by atoms with van der Waals surface area (Å²) >= 11 is 0. The van der Waals surface area contributed by atoms with Crippen LogP contribution in [0.3, 0.4) is 0 Å². The highest BCUT2D eigenvalue weighted by Gasteiger charge is 2.46. The Morgan fingerprint density at radius 1 is 1.47 bits per heavy atom. The summed E-state index contributed by atoms with van der Waals surface area (Å²) in [6.07, 6.45) is 0.572. The molecule has 0 aromatic rings. The van der Waals surface area contributed by atoms with Crippen molar-refractivity contribution in [2.45, 2.75) is 44.4 Å². The van der Waals surface area contributed by atoms with Gasteiger partial charge in [0.1, 0.15) is 18.2 Å². The number of carbonyl (C=O) groups excluding carboxylic acids is 3. The van der Waals surface area contributed by atoms with Crippen LogP contribution in [-0.2, 0) is 19.1 Å². The maximum atomic E-state index is 12.4. The van der Waals surface area contributed by atoms with E-state index in [1.165, 1.54) is 4.90 Å². The van der Waals surface area contributed by atoms with Crippen molar-refractivity contribution in [1.29, 1.82) is 0 Å². The molecule has 0 aromatic heterocycles. The summed E-state index contributed by atoms with van der Waals surface area (Å²) in [6.45, 7) is 3.47. The van der Waals surface area contributed by atoms with Gasteiger partial charge in [0.15, 0.2) is 0 Å². The Kier molecular flexibility index (Phi) is 3.60. The fraction of sp³-hybridized carbons (Fsp3) is 0.750. The lowest BCUT2D eigenvalue weighted by Crippen LogP contribution is -2.66. The molecule has 3 amide bonds.